The van der Waals surface area contributed by atoms with Crippen LogP contribution in [0.4, 0.5) is 0 Å². The number of unbranched alkanes of at least 4 members (excludes halogenated alkanes) is 6. The first-order valence-corrected chi connectivity index (χ1v) is 12.9. The average Bonchev–Trinajstić information content (AvgIpc) is 2.71. The van der Waals surface area contributed by atoms with E-state index in [2.05, 4.69) is 13.8 Å². The number of hydrogen-bond acceptors (Lipinski definition) is 1. The van der Waals surface area contributed by atoms with E-state index in [9.17, 15) is 0 Å². The summed E-state index contributed by atoms with van der Waals surface area (Å²) in [7, 11) is 0. The van der Waals surface area contributed by atoms with Gasteiger partial charge in [-0.05, 0) is 49.9 Å². The minimum Gasteiger partial charge on any atom is -0.378 e. The lowest BCUT2D eigenvalue weighted by Crippen LogP contribution is -2.23. The van der Waals surface area contributed by atoms with Crippen LogP contribution in [-0.2, 0) is 4.74 Å². The van der Waals surface area contributed by atoms with E-state index in [0.29, 0.717) is 6.10 Å². The molecule has 160 valence electrons. The van der Waals surface area contributed by atoms with E-state index in [-0.39, 0.29) is 0 Å². The number of hydrogen-bond donors (Lipinski definition) is 0. The van der Waals surface area contributed by atoms with Gasteiger partial charge in [-0.25, -0.2) is 0 Å². The summed E-state index contributed by atoms with van der Waals surface area (Å²) in [4.78, 5) is 0. The van der Waals surface area contributed by atoms with Gasteiger partial charge < -0.3 is 4.74 Å². The lowest BCUT2D eigenvalue weighted by atomic mass is 9.76. The van der Waals surface area contributed by atoms with Crippen molar-refractivity contribution in [2.24, 2.45) is 17.8 Å². The summed E-state index contributed by atoms with van der Waals surface area (Å²) < 4.78 is 6.13. The Kier molecular flexibility index (Phi) is 12.8. The zero-order valence-corrected chi connectivity index (χ0v) is 18.9. The molecular formula is C26H50O. The zero-order valence-electron chi connectivity index (χ0n) is 18.9. The van der Waals surface area contributed by atoms with Gasteiger partial charge in [0.15, 0.2) is 0 Å². The molecule has 0 amide bonds. The molecule has 0 atom stereocenters. The third kappa shape index (κ3) is 10.3. The van der Waals surface area contributed by atoms with E-state index in [1.54, 1.807) is 0 Å². The largest absolute Gasteiger partial charge is 0.378 e. The van der Waals surface area contributed by atoms with Crippen molar-refractivity contribution in [3.05, 3.63) is 0 Å². The Morgan fingerprint density at radius 1 is 0.519 bits per heavy atom. The fraction of sp³-hybridized carbons (Fsp3) is 1.00. The molecule has 27 heavy (non-hydrogen) atoms. The molecular weight excluding hydrogens is 328 g/mol. The molecule has 0 N–H and O–H groups in total. The zero-order chi connectivity index (χ0) is 19.2. The van der Waals surface area contributed by atoms with Crippen LogP contribution >= 0.6 is 0 Å². The second kappa shape index (κ2) is 14.9. The molecule has 1 nitrogen and oxygen atoms in total. The molecule has 0 aliphatic heterocycles. The van der Waals surface area contributed by atoms with Crippen molar-refractivity contribution in [2.45, 2.75) is 142 Å². The highest BCUT2D eigenvalue weighted by atomic mass is 16.5. The van der Waals surface area contributed by atoms with Crippen molar-refractivity contribution in [3.8, 4) is 0 Å². The maximum absolute atomic E-state index is 6.13. The summed E-state index contributed by atoms with van der Waals surface area (Å²) in [6.45, 7) is 5.61. The predicted molar refractivity (Wildman–Crippen MR) is 119 cm³/mol. The van der Waals surface area contributed by atoms with Gasteiger partial charge in [0.1, 0.15) is 0 Å². The van der Waals surface area contributed by atoms with Crippen molar-refractivity contribution in [3.63, 3.8) is 0 Å². The quantitative estimate of drug-likeness (QED) is 0.275. The predicted octanol–water partition coefficient (Wildman–Crippen LogP) is 8.70. The summed E-state index contributed by atoms with van der Waals surface area (Å²) in [6.07, 6.45) is 27.9. The molecule has 1 heteroatoms. The second-order valence-electron chi connectivity index (χ2n) is 9.89. The first kappa shape index (κ1) is 23.2. The van der Waals surface area contributed by atoms with Crippen molar-refractivity contribution < 1.29 is 4.74 Å². The molecule has 0 aromatic heterocycles. The number of rotatable bonds is 14. The SMILES string of the molecule is CCCCCCO[C@H]1CC[C@H](CC[C@H]2CC[C@H](CCCCCC)CC2)CC1. The van der Waals surface area contributed by atoms with Gasteiger partial charge in [-0.3, -0.25) is 0 Å². The van der Waals surface area contributed by atoms with Crippen LogP contribution in [-0.4, -0.2) is 12.7 Å². The lowest BCUT2D eigenvalue weighted by molar-refractivity contribution is 0.0145. The van der Waals surface area contributed by atoms with E-state index < -0.39 is 0 Å². The molecule has 0 aromatic rings. The maximum Gasteiger partial charge on any atom is 0.0575 e. The molecule has 0 unspecified atom stereocenters. The van der Waals surface area contributed by atoms with Gasteiger partial charge in [0.05, 0.1) is 6.10 Å². The fourth-order valence-electron chi connectivity index (χ4n) is 5.51. The van der Waals surface area contributed by atoms with Crippen molar-refractivity contribution >= 4 is 0 Å². The van der Waals surface area contributed by atoms with Gasteiger partial charge in [0, 0.05) is 6.61 Å². The highest BCUT2D eigenvalue weighted by molar-refractivity contribution is 4.77. The third-order valence-corrected chi connectivity index (χ3v) is 7.56. The summed E-state index contributed by atoms with van der Waals surface area (Å²) in [5.41, 5.74) is 0. The molecule has 0 bridgehead atoms. The monoisotopic (exact) mass is 378 g/mol. The minimum absolute atomic E-state index is 0.589. The molecule has 0 aromatic carbocycles. The minimum atomic E-state index is 0.589. The van der Waals surface area contributed by atoms with Gasteiger partial charge in [0.25, 0.3) is 0 Å². The maximum atomic E-state index is 6.13. The molecule has 0 heterocycles. The molecule has 0 radical (unpaired) electrons. The molecule has 2 fully saturated rings. The van der Waals surface area contributed by atoms with E-state index >= 15 is 0 Å². The van der Waals surface area contributed by atoms with Crippen LogP contribution in [0.25, 0.3) is 0 Å². The summed E-state index contributed by atoms with van der Waals surface area (Å²) in [5.74, 6) is 3.14. The van der Waals surface area contributed by atoms with Crippen molar-refractivity contribution in [1.82, 2.24) is 0 Å². The highest BCUT2D eigenvalue weighted by Crippen LogP contribution is 2.37. The summed E-state index contributed by atoms with van der Waals surface area (Å²) in [6, 6.07) is 0. The van der Waals surface area contributed by atoms with Gasteiger partial charge in [-0.15, -0.1) is 0 Å². The lowest BCUT2D eigenvalue weighted by Gasteiger charge is -2.32. The van der Waals surface area contributed by atoms with Crippen LogP contribution in [0.2, 0.25) is 0 Å². The molecule has 2 saturated carbocycles. The topological polar surface area (TPSA) is 9.23 Å². The third-order valence-electron chi connectivity index (χ3n) is 7.56. The van der Waals surface area contributed by atoms with E-state index in [0.717, 1.165) is 24.4 Å². The van der Waals surface area contributed by atoms with Crippen LogP contribution in [0.3, 0.4) is 0 Å². The first-order valence-electron chi connectivity index (χ1n) is 12.9. The van der Waals surface area contributed by atoms with Gasteiger partial charge in [-0.2, -0.15) is 0 Å². The van der Waals surface area contributed by atoms with Crippen LogP contribution in [0.15, 0.2) is 0 Å². The molecule has 0 spiro atoms. The Hall–Kier alpha value is -0.0400. The van der Waals surface area contributed by atoms with E-state index in [1.165, 1.54) is 122 Å². The Balaban J connectivity index is 1.45. The second-order valence-corrected chi connectivity index (χ2v) is 9.89. The summed E-state index contributed by atoms with van der Waals surface area (Å²) >= 11 is 0. The Labute approximate surface area is 171 Å². The average molecular weight is 379 g/mol. The van der Waals surface area contributed by atoms with Crippen LogP contribution in [0.5, 0.6) is 0 Å². The van der Waals surface area contributed by atoms with Crippen LogP contribution < -0.4 is 0 Å². The Morgan fingerprint density at radius 3 is 1.56 bits per heavy atom. The van der Waals surface area contributed by atoms with Gasteiger partial charge in [-0.1, -0.05) is 104 Å². The van der Waals surface area contributed by atoms with Gasteiger partial charge in [0.2, 0.25) is 0 Å². The van der Waals surface area contributed by atoms with Crippen LogP contribution in [0, 0.1) is 17.8 Å². The molecule has 2 aliphatic carbocycles. The Morgan fingerprint density at radius 2 is 1.00 bits per heavy atom. The Bertz CT molecular complexity index is 323. The normalized spacial score (nSPS) is 29.1. The number of ether oxygens (including phenoxy) is 1. The fourth-order valence-corrected chi connectivity index (χ4v) is 5.51. The molecule has 0 saturated heterocycles. The standard InChI is InChI=1S/C26H50O/c1-3-5-7-9-11-23-12-14-24(15-13-23)16-17-25-18-20-26(21-19-25)27-22-10-8-6-4-2/h23-26H,3-22H2,1-2H3/t23-,24-,25-,26-. The van der Waals surface area contributed by atoms with Gasteiger partial charge >= 0.3 is 0 Å². The first-order chi connectivity index (χ1) is 13.3. The smallest absolute Gasteiger partial charge is 0.0575 e. The molecule has 2 aliphatic rings. The van der Waals surface area contributed by atoms with Crippen molar-refractivity contribution in [2.75, 3.05) is 6.61 Å². The van der Waals surface area contributed by atoms with E-state index in [1.807, 2.05) is 0 Å². The van der Waals surface area contributed by atoms with E-state index in [4.69, 9.17) is 4.74 Å². The molecule has 2 rings (SSSR count). The van der Waals surface area contributed by atoms with Crippen LogP contribution in [0.1, 0.15) is 136 Å². The summed E-state index contributed by atoms with van der Waals surface area (Å²) in [5, 5.41) is 0. The van der Waals surface area contributed by atoms with Crippen molar-refractivity contribution in [1.29, 1.82) is 0 Å². The highest BCUT2D eigenvalue weighted by Gasteiger charge is 2.24.